The quantitative estimate of drug-likeness (QED) is 0.626. The van der Waals surface area contributed by atoms with Crippen LogP contribution in [0.2, 0.25) is 0 Å². The predicted molar refractivity (Wildman–Crippen MR) is 70.5 cm³/mol. The van der Waals surface area contributed by atoms with E-state index in [1.165, 1.54) is 0 Å². The number of nitrogens with one attached hydrogen (secondary N) is 1. The second-order valence-electron chi connectivity index (χ2n) is 4.85. The molecule has 3 N–H and O–H groups in total. The van der Waals surface area contributed by atoms with Gasteiger partial charge in [-0.1, -0.05) is 6.92 Å². The fraction of sp³-hybridized carbons (Fsp3) is 0.769. The first-order chi connectivity index (χ1) is 9.45. The third kappa shape index (κ3) is 4.80. The lowest BCUT2D eigenvalue weighted by Crippen LogP contribution is -2.49. The van der Waals surface area contributed by atoms with Crippen LogP contribution in [0.4, 0.5) is 0 Å². The van der Waals surface area contributed by atoms with E-state index in [0.717, 1.165) is 6.42 Å². The molecule has 1 heterocycles. The molecule has 3 atom stereocenters. The van der Waals surface area contributed by atoms with Crippen LogP contribution in [0.5, 0.6) is 0 Å². The Morgan fingerprint density at radius 3 is 2.65 bits per heavy atom. The van der Waals surface area contributed by atoms with Crippen LogP contribution < -0.4 is 11.1 Å². The molecule has 1 saturated heterocycles. The van der Waals surface area contributed by atoms with Crippen molar-refractivity contribution in [3.05, 3.63) is 0 Å². The van der Waals surface area contributed by atoms with Gasteiger partial charge in [0.1, 0.15) is 12.1 Å². The topological polar surface area (TPSA) is 108 Å². The minimum Gasteiger partial charge on any atom is -0.466 e. The standard InChI is InChI=1S/C13H22N2O5/c1-3-19-13(18)8(2)7-9(11(14)16)15-12(17)10-5-4-6-20-10/h8-10H,3-7H2,1-2H3,(H2,14,16)(H,15,17)/t8-,9+,10+/m1/s1. The number of carbonyl (C=O) groups is 3. The maximum atomic E-state index is 11.9. The summed E-state index contributed by atoms with van der Waals surface area (Å²) < 4.78 is 10.1. The van der Waals surface area contributed by atoms with Gasteiger partial charge in [0.05, 0.1) is 12.5 Å². The Labute approximate surface area is 118 Å². The van der Waals surface area contributed by atoms with E-state index in [1.54, 1.807) is 13.8 Å². The summed E-state index contributed by atoms with van der Waals surface area (Å²) in [4.78, 5) is 34.8. The zero-order chi connectivity index (χ0) is 15.1. The van der Waals surface area contributed by atoms with Crippen molar-refractivity contribution in [2.75, 3.05) is 13.2 Å². The minimum atomic E-state index is -0.897. The van der Waals surface area contributed by atoms with Gasteiger partial charge in [-0.3, -0.25) is 14.4 Å². The maximum absolute atomic E-state index is 11.9. The predicted octanol–water partition coefficient (Wildman–Crippen LogP) is -0.275. The van der Waals surface area contributed by atoms with Crippen molar-refractivity contribution < 1.29 is 23.9 Å². The summed E-state index contributed by atoms with van der Waals surface area (Å²) in [5.74, 6) is -1.96. The summed E-state index contributed by atoms with van der Waals surface area (Å²) in [6.45, 7) is 4.15. The first-order valence-electron chi connectivity index (χ1n) is 6.83. The first kappa shape index (κ1) is 16.4. The Kier molecular flexibility index (Phi) is 6.44. The molecule has 2 amide bonds. The molecule has 0 aliphatic carbocycles. The van der Waals surface area contributed by atoms with Crippen molar-refractivity contribution >= 4 is 17.8 Å². The number of carbonyl (C=O) groups excluding carboxylic acids is 3. The number of esters is 1. The van der Waals surface area contributed by atoms with E-state index in [-0.39, 0.29) is 18.9 Å². The maximum Gasteiger partial charge on any atom is 0.308 e. The van der Waals surface area contributed by atoms with Crippen molar-refractivity contribution in [1.29, 1.82) is 0 Å². The Morgan fingerprint density at radius 1 is 1.45 bits per heavy atom. The van der Waals surface area contributed by atoms with Crippen LogP contribution in [0, 0.1) is 5.92 Å². The molecule has 0 bridgehead atoms. The van der Waals surface area contributed by atoms with Crippen LogP contribution >= 0.6 is 0 Å². The van der Waals surface area contributed by atoms with Gasteiger partial charge in [0.2, 0.25) is 11.8 Å². The summed E-state index contributed by atoms with van der Waals surface area (Å²) in [6.07, 6.45) is 1.03. The second kappa shape index (κ2) is 7.84. The highest BCUT2D eigenvalue weighted by Crippen LogP contribution is 2.13. The normalized spacial score (nSPS) is 21.0. The molecule has 7 heteroatoms. The molecular formula is C13H22N2O5. The summed E-state index contributed by atoms with van der Waals surface area (Å²) >= 11 is 0. The van der Waals surface area contributed by atoms with Crippen LogP contribution in [0.1, 0.15) is 33.1 Å². The third-order valence-corrected chi connectivity index (χ3v) is 3.16. The van der Waals surface area contributed by atoms with E-state index in [9.17, 15) is 14.4 Å². The molecule has 1 aliphatic heterocycles. The minimum absolute atomic E-state index is 0.118. The summed E-state index contributed by atoms with van der Waals surface area (Å²) in [6, 6.07) is -0.897. The number of hydrogen-bond acceptors (Lipinski definition) is 5. The smallest absolute Gasteiger partial charge is 0.308 e. The Balaban J connectivity index is 2.53. The van der Waals surface area contributed by atoms with Gasteiger partial charge in [0, 0.05) is 6.61 Å². The highest BCUT2D eigenvalue weighted by Gasteiger charge is 2.29. The average Bonchev–Trinajstić information content (AvgIpc) is 2.91. The number of nitrogens with two attached hydrogens (primary N) is 1. The van der Waals surface area contributed by atoms with Gasteiger partial charge in [0.15, 0.2) is 0 Å². The van der Waals surface area contributed by atoms with Gasteiger partial charge in [-0.05, 0) is 26.2 Å². The molecule has 0 spiro atoms. The largest absolute Gasteiger partial charge is 0.466 e. The zero-order valence-corrected chi connectivity index (χ0v) is 11.9. The van der Waals surface area contributed by atoms with Crippen molar-refractivity contribution in [3.63, 3.8) is 0 Å². The van der Waals surface area contributed by atoms with Crippen LogP contribution in [-0.4, -0.2) is 43.1 Å². The number of primary amides is 1. The molecule has 0 saturated carbocycles. The number of rotatable bonds is 7. The number of ether oxygens (including phenoxy) is 2. The SMILES string of the molecule is CCOC(=O)[C@H](C)C[C@H](NC(=O)[C@@H]1CCCO1)C(N)=O. The highest BCUT2D eigenvalue weighted by molar-refractivity contribution is 5.89. The van der Waals surface area contributed by atoms with Crippen molar-refractivity contribution in [2.24, 2.45) is 11.7 Å². The molecular weight excluding hydrogens is 264 g/mol. The molecule has 114 valence electrons. The zero-order valence-electron chi connectivity index (χ0n) is 11.9. The van der Waals surface area contributed by atoms with Crippen molar-refractivity contribution in [2.45, 2.75) is 45.3 Å². The Bertz CT molecular complexity index is 366. The molecule has 1 fully saturated rings. The highest BCUT2D eigenvalue weighted by atomic mass is 16.5. The van der Waals surface area contributed by atoms with Gasteiger partial charge in [-0.2, -0.15) is 0 Å². The van der Waals surface area contributed by atoms with E-state index in [0.29, 0.717) is 13.0 Å². The lowest BCUT2D eigenvalue weighted by molar-refractivity contribution is -0.148. The van der Waals surface area contributed by atoms with Crippen LogP contribution in [0.25, 0.3) is 0 Å². The van der Waals surface area contributed by atoms with E-state index >= 15 is 0 Å². The average molecular weight is 286 g/mol. The van der Waals surface area contributed by atoms with Crippen LogP contribution in [0.15, 0.2) is 0 Å². The molecule has 0 unspecified atom stereocenters. The van der Waals surface area contributed by atoms with E-state index in [4.69, 9.17) is 15.2 Å². The lowest BCUT2D eigenvalue weighted by atomic mass is 10.0. The van der Waals surface area contributed by atoms with Crippen LogP contribution in [0.3, 0.4) is 0 Å². The van der Waals surface area contributed by atoms with Crippen LogP contribution in [-0.2, 0) is 23.9 Å². The monoisotopic (exact) mass is 286 g/mol. The van der Waals surface area contributed by atoms with E-state index < -0.39 is 29.9 Å². The van der Waals surface area contributed by atoms with Gasteiger partial charge in [-0.25, -0.2) is 0 Å². The van der Waals surface area contributed by atoms with E-state index in [2.05, 4.69) is 5.32 Å². The molecule has 0 aromatic carbocycles. The van der Waals surface area contributed by atoms with E-state index in [1.807, 2.05) is 0 Å². The fourth-order valence-electron chi connectivity index (χ4n) is 2.03. The van der Waals surface area contributed by atoms with Gasteiger partial charge >= 0.3 is 5.97 Å². The summed E-state index contributed by atoms with van der Waals surface area (Å²) in [5, 5.41) is 2.54. The molecule has 1 aliphatic rings. The molecule has 20 heavy (non-hydrogen) atoms. The Morgan fingerprint density at radius 2 is 2.15 bits per heavy atom. The van der Waals surface area contributed by atoms with Gasteiger partial charge in [0.25, 0.3) is 0 Å². The molecule has 0 radical (unpaired) electrons. The summed E-state index contributed by atoms with van der Waals surface area (Å²) in [7, 11) is 0. The van der Waals surface area contributed by atoms with Gasteiger partial charge in [-0.15, -0.1) is 0 Å². The van der Waals surface area contributed by atoms with Crippen molar-refractivity contribution in [3.8, 4) is 0 Å². The first-order valence-corrected chi connectivity index (χ1v) is 6.83. The molecule has 1 rings (SSSR count). The summed E-state index contributed by atoms with van der Waals surface area (Å²) in [5.41, 5.74) is 5.26. The fourth-order valence-corrected chi connectivity index (χ4v) is 2.03. The lowest BCUT2D eigenvalue weighted by Gasteiger charge is -2.20. The Hall–Kier alpha value is -1.63. The van der Waals surface area contributed by atoms with Gasteiger partial charge < -0.3 is 20.5 Å². The molecule has 7 nitrogen and oxygen atoms in total. The molecule has 0 aromatic heterocycles. The third-order valence-electron chi connectivity index (χ3n) is 3.16. The molecule has 0 aromatic rings. The number of hydrogen-bond donors (Lipinski definition) is 2. The second-order valence-corrected chi connectivity index (χ2v) is 4.85. The number of amides is 2. The van der Waals surface area contributed by atoms with Crippen molar-refractivity contribution in [1.82, 2.24) is 5.32 Å².